The molecule has 0 saturated heterocycles. The van der Waals surface area contributed by atoms with Crippen molar-refractivity contribution in [3.05, 3.63) is 34.4 Å². The highest BCUT2D eigenvalue weighted by Gasteiger charge is 2.15. The zero-order valence-corrected chi connectivity index (χ0v) is 9.06. The lowest BCUT2D eigenvalue weighted by molar-refractivity contribution is 0.502. The molecule has 0 fully saturated rings. The van der Waals surface area contributed by atoms with E-state index in [1.165, 1.54) is 5.56 Å². The van der Waals surface area contributed by atoms with Gasteiger partial charge in [-0.25, -0.2) is 0 Å². The largest absolute Gasteiger partial charge is 0.510 e. The molecule has 0 amide bonds. The van der Waals surface area contributed by atoms with E-state index in [4.69, 9.17) is 4.89 Å². The number of rotatable bonds is 2. The van der Waals surface area contributed by atoms with Gasteiger partial charge in [-0.05, 0) is 36.5 Å². The fourth-order valence-corrected chi connectivity index (χ4v) is 2.36. The van der Waals surface area contributed by atoms with Crippen LogP contribution in [0.4, 0.5) is 0 Å². The predicted octanol–water partition coefficient (Wildman–Crippen LogP) is 2.85. The molecule has 13 heavy (non-hydrogen) atoms. The molecule has 70 valence electrons. The lowest BCUT2D eigenvalue weighted by Crippen LogP contribution is -1.92. The van der Waals surface area contributed by atoms with E-state index in [1.807, 2.05) is 32.9 Å². The summed E-state index contributed by atoms with van der Waals surface area (Å²) in [5.41, 5.74) is 4.42. The predicted molar refractivity (Wildman–Crippen MR) is 54.2 cm³/mol. The van der Waals surface area contributed by atoms with Gasteiger partial charge in [-0.1, -0.05) is 17.7 Å². The second-order valence-corrected chi connectivity index (χ2v) is 4.41. The molecule has 2 nitrogen and oxygen atoms in total. The van der Waals surface area contributed by atoms with Gasteiger partial charge in [-0.15, -0.1) is 0 Å². The summed E-state index contributed by atoms with van der Waals surface area (Å²) in [4.78, 5) is 8.83. The highest BCUT2D eigenvalue weighted by Crippen LogP contribution is 2.26. The quantitative estimate of drug-likeness (QED) is 0.740. The van der Waals surface area contributed by atoms with E-state index in [0.717, 1.165) is 16.7 Å². The Hall–Kier alpha value is -0.720. The lowest BCUT2D eigenvalue weighted by atomic mass is 10.0. The first-order chi connectivity index (χ1) is 6.00. The maximum absolute atomic E-state index is 10.7. The van der Waals surface area contributed by atoms with E-state index < -0.39 is 8.03 Å². The Kier molecular flexibility index (Phi) is 3.18. The molecule has 1 aromatic rings. The molecule has 0 aliphatic rings. The number of hydrogen-bond donors (Lipinski definition) is 1. The second-order valence-electron chi connectivity index (χ2n) is 3.39. The minimum atomic E-state index is -2.07. The standard InChI is InChI=1S/C10H13O2P/c1-7-4-8(2)10(6-13(11)12)9(3)5-7/h4-5H,6H2,1-3H3/p+1. The number of benzene rings is 1. The SMILES string of the molecule is Cc1cc(C)c(C[P+](=O)O)c(C)c1. The van der Waals surface area contributed by atoms with Gasteiger partial charge in [-0.2, -0.15) is 4.89 Å². The van der Waals surface area contributed by atoms with Crippen LogP contribution >= 0.6 is 8.03 Å². The average molecular weight is 197 g/mol. The molecular weight excluding hydrogens is 183 g/mol. The number of hydrogen-bond acceptors (Lipinski definition) is 1. The Morgan fingerprint density at radius 2 is 1.69 bits per heavy atom. The van der Waals surface area contributed by atoms with Crippen LogP contribution in [0.3, 0.4) is 0 Å². The summed E-state index contributed by atoms with van der Waals surface area (Å²) < 4.78 is 10.7. The van der Waals surface area contributed by atoms with Crippen molar-refractivity contribution in [2.75, 3.05) is 0 Å². The number of aryl methyl sites for hydroxylation is 3. The van der Waals surface area contributed by atoms with Crippen LogP contribution in [0.1, 0.15) is 22.3 Å². The summed E-state index contributed by atoms with van der Waals surface area (Å²) in [5, 5.41) is 0. The molecule has 0 spiro atoms. The Bertz CT molecular complexity index is 322. The molecule has 0 heterocycles. The van der Waals surface area contributed by atoms with Gasteiger partial charge in [0.2, 0.25) is 6.16 Å². The van der Waals surface area contributed by atoms with Crippen molar-refractivity contribution >= 4 is 8.03 Å². The fraction of sp³-hybridized carbons (Fsp3) is 0.400. The summed E-state index contributed by atoms with van der Waals surface area (Å²) in [7, 11) is -2.07. The van der Waals surface area contributed by atoms with Crippen LogP contribution in [0.5, 0.6) is 0 Å². The second kappa shape index (κ2) is 3.99. The first kappa shape index (κ1) is 10.4. The maximum atomic E-state index is 10.7. The van der Waals surface area contributed by atoms with Gasteiger partial charge in [0.15, 0.2) is 0 Å². The molecule has 1 aromatic carbocycles. The molecule has 0 saturated carbocycles. The smallest absolute Gasteiger partial charge is 0.160 e. The molecule has 0 aliphatic carbocycles. The van der Waals surface area contributed by atoms with Crippen molar-refractivity contribution in [1.82, 2.24) is 0 Å². The Morgan fingerprint density at radius 1 is 1.23 bits per heavy atom. The third kappa shape index (κ3) is 2.61. The summed E-state index contributed by atoms with van der Waals surface area (Å²) in [6.45, 7) is 5.99. The van der Waals surface area contributed by atoms with E-state index in [9.17, 15) is 4.57 Å². The first-order valence-electron chi connectivity index (χ1n) is 4.21. The van der Waals surface area contributed by atoms with Gasteiger partial charge >= 0.3 is 8.03 Å². The molecule has 0 bridgehead atoms. The van der Waals surface area contributed by atoms with Crippen molar-refractivity contribution < 1.29 is 9.46 Å². The van der Waals surface area contributed by atoms with Crippen molar-refractivity contribution in [2.24, 2.45) is 0 Å². The van der Waals surface area contributed by atoms with Crippen molar-refractivity contribution in [2.45, 2.75) is 26.9 Å². The van der Waals surface area contributed by atoms with Gasteiger partial charge in [0.25, 0.3) is 0 Å². The van der Waals surface area contributed by atoms with Gasteiger partial charge in [-0.3, -0.25) is 0 Å². The molecule has 0 aliphatic heterocycles. The van der Waals surface area contributed by atoms with E-state index in [0.29, 0.717) is 0 Å². The van der Waals surface area contributed by atoms with Crippen molar-refractivity contribution in [3.63, 3.8) is 0 Å². The third-order valence-electron chi connectivity index (χ3n) is 2.13. The lowest BCUT2D eigenvalue weighted by Gasteiger charge is -2.05. The Balaban J connectivity index is 3.13. The highest BCUT2D eigenvalue weighted by atomic mass is 31.1. The van der Waals surface area contributed by atoms with Crippen molar-refractivity contribution in [3.8, 4) is 0 Å². The topological polar surface area (TPSA) is 37.3 Å². The fourth-order valence-electron chi connectivity index (χ4n) is 1.59. The Morgan fingerprint density at radius 3 is 2.08 bits per heavy atom. The first-order valence-corrected chi connectivity index (χ1v) is 5.60. The van der Waals surface area contributed by atoms with Crippen LogP contribution in [-0.2, 0) is 10.7 Å². The van der Waals surface area contributed by atoms with Crippen LogP contribution in [0.15, 0.2) is 12.1 Å². The Labute approximate surface area is 79.5 Å². The van der Waals surface area contributed by atoms with E-state index in [-0.39, 0.29) is 6.16 Å². The summed E-state index contributed by atoms with van der Waals surface area (Å²) in [6, 6.07) is 4.09. The zero-order valence-electron chi connectivity index (χ0n) is 8.16. The van der Waals surface area contributed by atoms with Crippen LogP contribution in [0, 0.1) is 20.8 Å². The molecule has 1 rings (SSSR count). The van der Waals surface area contributed by atoms with Crippen LogP contribution in [-0.4, -0.2) is 4.89 Å². The van der Waals surface area contributed by atoms with Gasteiger partial charge in [0.05, 0.1) is 0 Å². The highest BCUT2D eigenvalue weighted by molar-refractivity contribution is 7.37. The molecule has 1 atom stereocenters. The molecule has 1 N–H and O–H groups in total. The maximum Gasteiger partial charge on any atom is 0.510 e. The molecule has 1 unspecified atom stereocenters. The molecule has 3 heteroatoms. The van der Waals surface area contributed by atoms with E-state index in [2.05, 4.69) is 0 Å². The molecule has 0 aromatic heterocycles. The summed E-state index contributed by atoms with van der Waals surface area (Å²) in [6.07, 6.45) is 0.271. The van der Waals surface area contributed by atoms with E-state index in [1.54, 1.807) is 0 Å². The minimum absolute atomic E-state index is 0.271. The third-order valence-corrected chi connectivity index (χ3v) is 2.72. The minimum Gasteiger partial charge on any atom is -0.160 e. The molecule has 0 radical (unpaired) electrons. The average Bonchev–Trinajstić information content (AvgIpc) is 1.96. The zero-order chi connectivity index (χ0) is 10.0. The monoisotopic (exact) mass is 197 g/mol. The van der Waals surface area contributed by atoms with Gasteiger partial charge in [0, 0.05) is 5.56 Å². The van der Waals surface area contributed by atoms with Gasteiger partial charge < -0.3 is 0 Å². The van der Waals surface area contributed by atoms with E-state index >= 15 is 0 Å². The van der Waals surface area contributed by atoms with Crippen LogP contribution in [0.25, 0.3) is 0 Å². The normalized spacial score (nSPS) is 11.5. The molecular formula is C10H14O2P+. The summed E-state index contributed by atoms with van der Waals surface area (Å²) >= 11 is 0. The van der Waals surface area contributed by atoms with Gasteiger partial charge in [0.1, 0.15) is 0 Å². The van der Waals surface area contributed by atoms with Crippen LogP contribution in [0.2, 0.25) is 0 Å². The van der Waals surface area contributed by atoms with Crippen LogP contribution < -0.4 is 0 Å². The van der Waals surface area contributed by atoms with Crippen molar-refractivity contribution in [1.29, 1.82) is 0 Å². The summed E-state index contributed by atoms with van der Waals surface area (Å²) in [5.74, 6) is 0.